The maximum Gasteiger partial charge on any atom is 0.252 e. The van der Waals surface area contributed by atoms with Crippen LogP contribution in [0.3, 0.4) is 0 Å². The summed E-state index contributed by atoms with van der Waals surface area (Å²) < 4.78 is 31.6. The van der Waals surface area contributed by atoms with E-state index in [4.69, 9.17) is 4.98 Å². The Labute approximate surface area is 518 Å². The van der Waals surface area contributed by atoms with Gasteiger partial charge in [0.2, 0.25) is 21.8 Å². The van der Waals surface area contributed by atoms with Gasteiger partial charge in [0.25, 0.3) is 11.8 Å². The lowest BCUT2D eigenvalue weighted by Crippen LogP contribution is -2.50. The number of aliphatic hydroxyl groups is 1. The van der Waals surface area contributed by atoms with Crippen LogP contribution in [0.1, 0.15) is 112 Å². The van der Waals surface area contributed by atoms with E-state index in [2.05, 4.69) is 32.0 Å². The van der Waals surface area contributed by atoms with E-state index in [1.807, 2.05) is 144 Å². The Morgan fingerprint density at radius 1 is 0.730 bits per heavy atom. The lowest BCUT2D eigenvalue weighted by molar-refractivity contribution is -0.130. The summed E-state index contributed by atoms with van der Waals surface area (Å²) in [5.41, 5.74) is 9.33. The summed E-state index contributed by atoms with van der Waals surface area (Å²) in [4.78, 5) is 80.1. The number of carbonyl (C=O) groups excluding carboxylic acids is 5. The molecule has 3 atom stereocenters. The van der Waals surface area contributed by atoms with Crippen LogP contribution in [0.25, 0.3) is 33.0 Å². The number of likely N-dealkylation sites (tertiary alicyclic amines) is 1. The number of Topliss-reactive ketones (excluding diaryl/α,β-unsaturated/α-hetero) is 1. The summed E-state index contributed by atoms with van der Waals surface area (Å²) in [6, 6.07) is 50.9. The van der Waals surface area contributed by atoms with E-state index in [1.165, 1.54) is 17.9 Å². The highest BCUT2D eigenvalue weighted by molar-refractivity contribution is 7.92. The average molecular weight is 1210 g/mol. The number of imide groups is 1. The van der Waals surface area contributed by atoms with Crippen molar-refractivity contribution in [2.45, 2.75) is 103 Å². The number of benzene rings is 7. The van der Waals surface area contributed by atoms with Crippen LogP contribution in [0.5, 0.6) is 0 Å². The zero-order valence-corrected chi connectivity index (χ0v) is 50.8. The summed E-state index contributed by atoms with van der Waals surface area (Å²) in [6.07, 6.45) is 11.9. The van der Waals surface area contributed by atoms with Crippen molar-refractivity contribution in [3.05, 3.63) is 227 Å². The third kappa shape index (κ3) is 13.1. The molecule has 7 aromatic carbocycles. The van der Waals surface area contributed by atoms with Crippen LogP contribution in [-0.4, -0.2) is 110 Å². The molecule has 3 aliphatic heterocycles. The third-order valence-electron chi connectivity index (χ3n) is 17.6. The van der Waals surface area contributed by atoms with Crippen LogP contribution >= 0.6 is 0 Å². The highest BCUT2D eigenvalue weighted by Gasteiger charge is 2.45. The second-order valence-electron chi connectivity index (χ2n) is 23.5. The number of hydrogen-bond acceptors (Lipinski definition) is 11. The molecule has 0 bridgehead atoms. The van der Waals surface area contributed by atoms with Crippen LogP contribution in [0.15, 0.2) is 182 Å². The number of aromatic nitrogens is 4. The number of amides is 4. The van der Waals surface area contributed by atoms with Gasteiger partial charge in [-0.15, -0.1) is 0 Å². The molecule has 3 aliphatic rings. The zero-order valence-electron chi connectivity index (χ0n) is 50.0. The van der Waals surface area contributed by atoms with Crippen LogP contribution < -0.4 is 14.5 Å². The number of aryl methyl sites for hydroxylation is 1. The Bertz CT molecular complexity index is 4220. The first kappa shape index (κ1) is 59.9. The zero-order chi connectivity index (χ0) is 61.8. The molecule has 1 unspecified atom stereocenters. The number of carbonyl (C=O) groups is 5. The largest absolute Gasteiger partial charge is 0.396 e. The lowest BCUT2D eigenvalue weighted by atomic mass is 9.90. The minimum Gasteiger partial charge on any atom is -0.396 e. The number of fused-ring (bicyclic) bond motifs is 2. The SMILES string of the molecule is CC(=O)c1cccc(N(CC(=O)N(Cc2ccccc2)Cc2cccc(C3CCCn4cc(CNC(=O)c5ccc(-c6ccc(N7C(=O)C[C@@H](N8CCCC[C@@H]8CCO)C7=O)c7ccccc67)cc5-c5ccc(Cn6cccn6)cc5)nc43)c2)S(C)(=O)=O)c1. The van der Waals surface area contributed by atoms with Crippen molar-refractivity contribution in [3.8, 4) is 22.3 Å². The van der Waals surface area contributed by atoms with Gasteiger partial charge in [-0.2, -0.15) is 5.10 Å². The number of nitrogens with one attached hydrogen (secondary N) is 1. The number of anilines is 2. The summed E-state index contributed by atoms with van der Waals surface area (Å²) in [6.45, 7) is 3.61. The van der Waals surface area contributed by atoms with Crippen LogP contribution in [0, 0.1) is 0 Å². The van der Waals surface area contributed by atoms with Gasteiger partial charge in [0, 0.05) is 73.3 Å². The maximum absolute atomic E-state index is 14.7. The van der Waals surface area contributed by atoms with Gasteiger partial charge in [0.15, 0.2) is 5.78 Å². The molecule has 0 radical (unpaired) electrons. The van der Waals surface area contributed by atoms with E-state index >= 15 is 0 Å². The molecular formula is C71H71N9O8S. The van der Waals surface area contributed by atoms with Gasteiger partial charge in [-0.1, -0.05) is 134 Å². The number of piperidine rings is 1. The number of rotatable bonds is 21. The molecule has 2 aromatic heterocycles. The molecule has 9 aromatic rings. The van der Waals surface area contributed by atoms with E-state index in [9.17, 15) is 37.5 Å². The fourth-order valence-electron chi connectivity index (χ4n) is 13.1. The van der Waals surface area contributed by atoms with Crippen molar-refractivity contribution in [2.24, 2.45) is 0 Å². The van der Waals surface area contributed by atoms with Crippen molar-refractivity contribution in [2.75, 3.05) is 35.2 Å². The lowest BCUT2D eigenvalue weighted by Gasteiger charge is -2.38. The molecule has 17 nitrogen and oxygen atoms in total. The standard InChI is InChI=1S/C71H71N9O8S/c1-48(82)53-17-11-20-58(39-53)79(89(2,87)88)47-68(84)76(43-49-14-4-3-5-15-49)44-51-16-10-18-54(38-51)60-23-12-34-75-46-56(74-69(60)75)42-72-70(85)63-29-28-55(40-64(63)52-26-24-50(25-27-52)45-77-35-13-33-73-77)59-30-31-65(62-22-7-6-21-61(59)62)80-67(83)41-66(71(80)86)78-36-9-8-19-57(78)32-37-81/h3-7,10-11,13-18,20-22,24-31,33,35,38-40,46,57,60,66,81H,8-9,12,19,23,32,34,36-37,41-45,47H2,1-2H3,(H,72,85)/t57-,60?,66-/m1/s1. The van der Waals surface area contributed by atoms with Gasteiger partial charge in [-0.3, -0.25) is 37.9 Å². The van der Waals surface area contributed by atoms with Crippen LogP contribution in [0.2, 0.25) is 0 Å². The van der Waals surface area contributed by atoms with E-state index < -0.39 is 28.5 Å². The first-order valence-corrected chi connectivity index (χ1v) is 32.3. The molecule has 454 valence electrons. The predicted molar refractivity (Wildman–Crippen MR) is 343 cm³/mol. The fourth-order valence-corrected chi connectivity index (χ4v) is 14.0. The second kappa shape index (κ2) is 26.1. The minimum atomic E-state index is -3.94. The Hall–Kier alpha value is -9.36. The monoisotopic (exact) mass is 1210 g/mol. The molecule has 4 amide bonds. The number of nitrogens with zero attached hydrogens (tertiary/aromatic N) is 8. The third-order valence-corrected chi connectivity index (χ3v) is 18.7. The number of imidazole rings is 1. The van der Waals surface area contributed by atoms with Gasteiger partial charge >= 0.3 is 0 Å². The molecule has 0 saturated carbocycles. The molecule has 5 heterocycles. The van der Waals surface area contributed by atoms with Gasteiger partial charge in [0.1, 0.15) is 12.4 Å². The smallest absolute Gasteiger partial charge is 0.252 e. The Morgan fingerprint density at radius 2 is 1.49 bits per heavy atom. The highest BCUT2D eigenvalue weighted by atomic mass is 32.2. The first-order chi connectivity index (χ1) is 43.2. The van der Waals surface area contributed by atoms with Gasteiger partial charge in [-0.05, 0) is 132 Å². The topological polar surface area (TPSA) is 200 Å². The molecule has 2 N–H and O–H groups in total. The molecule has 0 spiro atoms. The van der Waals surface area contributed by atoms with Gasteiger partial charge < -0.3 is 19.9 Å². The quantitative estimate of drug-likeness (QED) is 0.0512. The average Bonchev–Trinajstić information content (AvgIpc) is 2.10. The second-order valence-corrected chi connectivity index (χ2v) is 25.5. The Balaban J connectivity index is 0.797. The summed E-state index contributed by atoms with van der Waals surface area (Å²) in [7, 11) is -3.94. The molecule has 0 aliphatic carbocycles. The molecule has 2 fully saturated rings. The van der Waals surface area contributed by atoms with Gasteiger partial charge in [0.05, 0.1) is 48.9 Å². The molecule has 2 saturated heterocycles. The van der Waals surface area contributed by atoms with Crippen LogP contribution in [-0.2, 0) is 57.1 Å². The summed E-state index contributed by atoms with van der Waals surface area (Å²) >= 11 is 0. The van der Waals surface area contributed by atoms with Crippen molar-refractivity contribution >= 4 is 61.6 Å². The van der Waals surface area contributed by atoms with E-state index in [-0.39, 0.29) is 73.8 Å². The van der Waals surface area contributed by atoms with E-state index in [0.717, 1.165) is 105 Å². The van der Waals surface area contributed by atoms with Crippen molar-refractivity contribution in [1.82, 2.24) is 34.4 Å². The minimum absolute atomic E-state index is 0.0269. The maximum atomic E-state index is 14.7. The molecule has 18 heteroatoms. The Morgan fingerprint density at radius 3 is 2.27 bits per heavy atom. The van der Waals surface area contributed by atoms with Gasteiger partial charge in [-0.25, -0.2) is 18.3 Å². The van der Waals surface area contributed by atoms with E-state index in [1.54, 1.807) is 29.3 Å². The number of ketones is 1. The molecule has 12 rings (SSSR count). The van der Waals surface area contributed by atoms with E-state index in [0.29, 0.717) is 47.6 Å². The molecular weight excluding hydrogens is 1140 g/mol. The summed E-state index contributed by atoms with van der Waals surface area (Å²) in [5.74, 6) is -0.608. The fraction of sp³-hybridized carbons (Fsp3) is 0.282. The van der Waals surface area contributed by atoms with Crippen LogP contribution in [0.4, 0.5) is 11.4 Å². The number of hydrogen-bond donors (Lipinski definition) is 2. The number of aliphatic hydroxyl groups excluding tert-OH is 1. The van der Waals surface area contributed by atoms with Crippen molar-refractivity contribution in [3.63, 3.8) is 0 Å². The Kier molecular flexibility index (Phi) is 17.6. The predicted octanol–water partition coefficient (Wildman–Crippen LogP) is 10.5. The number of sulfonamides is 1. The normalized spacial score (nSPS) is 17.0. The molecule has 89 heavy (non-hydrogen) atoms. The van der Waals surface area contributed by atoms with Crippen molar-refractivity contribution < 1.29 is 37.5 Å². The highest BCUT2D eigenvalue weighted by Crippen LogP contribution is 2.41. The van der Waals surface area contributed by atoms with Crippen molar-refractivity contribution in [1.29, 1.82) is 0 Å². The first-order valence-electron chi connectivity index (χ1n) is 30.5. The summed E-state index contributed by atoms with van der Waals surface area (Å²) in [5, 5.41) is 19.0.